The zero-order valence-corrected chi connectivity index (χ0v) is 10.8. The molecule has 5 heteroatoms. The Kier molecular flexibility index (Phi) is 3.11. The van der Waals surface area contributed by atoms with Crippen LogP contribution in [0.1, 0.15) is 25.7 Å². The summed E-state index contributed by atoms with van der Waals surface area (Å²) >= 11 is 0. The van der Waals surface area contributed by atoms with Crippen molar-refractivity contribution in [3.05, 3.63) is 18.2 Å². The van der Waals surface area contributed by atoms with Crippen molar-refractivity contribution in [3.63, 3.8) is 0 Å². The van der Waals surface area contributed by atoms with E-state index < -0.39 is 0 Å². The Bertz CT molecular complexity index is 593. The molecule has 1 heterocycles. The number of rotatable bonds is 3. The predicted molar refractivity (Wildman–Crippen MR) is 75.8 cm³/mol. The fraction of sp³-hybridized carbons (Fsp3) is 0.429. The van der Waals surface area contributed by atoms with Crippen LogP contribution in [0.4, 0.5) is 11.8 Å². The summed E-state index contributed by atoms with van der Waals surface area (Å²) in [5.74, 6) is 1.98. The van der Waals surface area contributed by atoms with E-state index in [1.54, 1.807) is 0 Å². The monoisotopic (exact) mass is 258 g/mol. The minimum Gasteiger partial charge on any atom is -0.492 e. The van der Waals surface area contributed by atoms with E-state index in [2.05, 4.69) is 9.97 Å². The van der Waals surface area contributed by atoms with Crippen LogP contribution in [0.5, 0.6) is 5.75 Å². The van der Waals surface area contributed by atoms with Crippen molar-refractivity contribution in [1.82, 2.24) is 9.97 Å². The predicted octanol–water partition coefficient (Wildman–Crippen LogP) is 2.36. The second-order valence-electron chi connectivity index (χ2n) is 5.08. The molecule has 100 valence electrons. The lowest BCUT2D eigenvalue weighted by Gasteiger charge is -2.13. The van der Waals surface area contributed by atoms with Gasteiger partial charge in [-0.1, -0.05) is 18.9 Å². The molecule has 3 rings (SSSR count). The van der Waals surface area contributed by atoms with Crippen LogP contribution in [0, 0.1) is 5.92 Å². The molecule has 0 amide bonds. The summed E-state index contributed by atoms with van der Waals surface area (Å²) in [6.07, 6.45) is 5.13. The SMILES string of the molecule is Nc1nc(N)c2c(OCC3CCCC3)cccc2n1. The zero-order valence-electron chi connectivity index (χ0n) is 10.8. The number of nitrogens with zero attached hydrogens (tertiary/aromatic N) is 2. The van der Waals surface area contributed by atoms with Crippen molar-refractivity contribution in [2.45, 2.75) is 25.7 Å². The van der Waals surface area contributed by atoms with Gasteiger partial charge in [-0.15, -0.1) is 0 Å². The molecule has 5 nitrogen and oxygen atoms in total. The molecular weight excluding hydrogens is 240 g/mol. The Morgan fingerprint density at radius 2 is 1.95 bits per heavy atom. The van der Waals surface area contributed by atoms with Gasteiger partial charge in [0.2, 0.25) is 5.95 Å². The third kappa shape index (κ3) is 2.41. The average molecular weight is 258 g/mol. The van der Waals surface area contributed by atoms with Crippen molar-refractivity contribution in [2.24, 2.45) is 5.92 Å². The number of benzene rings is 1. The van der Waals surface area contributed by atoms with E-state index in [-0.39, 0.29) is 5.95 Å². The molecule has 0 atom stereocenters. The van der Waals surface area contributed by atoms with Gasteiger partial charge in [0, 0.05) is 0 Å². The molecule has 0 radical (unpaired) electrons. The maximum atomic E-state index is 5.93. The summed E-state index contributed by atoms with van der Waals surface area (Å²) in [5.41, 5.74) is 12.3. The first-order valence-electron chi connectivity index (χ1n) is 6.68. The van der Waals surface area contributed by atoms with Crippen molar-refractivity contribution >= 4 is 22.7 Å². The van der Waals surface area contributed by atoms with Gasteiger partial charge in [0.1, 0.15) is 11.6 Å². The molecule has 4 N–H and O–H groups in total. The van der Waals surface area contributed by atoms with Gasteiger partial charge in [0.05, 0.1) is 17.5 Å². The molecule has 19 heavy (non-hydrogen) atoms. The van der Waals surface area contributed by atoms with Crippen LogP contribution in [-0.4, -0.2) is 16.6 Å². The molecule has 1 aromatic heterocycles. The molecule has 0 bridgehead atoms. The van der Waals surface area contributed by atoms with Crippen LogP contribution in [-0.2, 0) is 0 Å². The fourth-order valence-electron chi connectivity index (χ4n) is 2.70. The van der Waals surface area contributed by atoms with Crippen molar-refractivity contribution in [2.75, 3.05) is 18.1 Å². The molecule has 1 aromatic carbocycles. The molecule has 1 fully saturated rings. The summed E-state index contributed by atoms with van der Waals surface area (Å²) in [6.45, 7) is 0.739. The summed E-state index contributed by atoms with van der Waals surface area (Å²) in [4.78, 5) is 8.19. The van der Waals surface area contributed by atoms with Gasteiger partial charge < -0.3 is 16.2 Å². The highest BCUT2D eigenvalue weighted by Gasteiger charge is 2.17. The number of anilines is 2. The van der Waals surface area contributed by atoms with E-state index in [1.165, 1.54) is 25.7 Å². The van der Waals surface area contributed by atoms with E-state index in [0.29, 0.717) is 11.7 Å². The highest BCUT2D eigenvalue weighted by atomic mass is 16.5. The zero-order chi connectivity index (χ0) is 13.2. The van der Waals surface area contributed by atoms with E-state index in [1.807, 2.05) is 18.2 Å². The Labute approximate surface area is 112 Å². The lowest BCUT2D eigenvalue weighted by atomic mass is 10.1. The van der Waals surface area contributed by atoms with Crippen LogP contribution in [0.15, 0.2) is 18.2 Å². The van der Waals surface area contributed by atoms with Crippen molar-refractivity contribution < 1.29 is 4.74 Å². The van der Waals surface area contributed by atoms with Gasteiger partial charge in [-0.3, -0.25) is 0 Å². The summed E-state index contributed by atoms with van der Waals surface area (Å²) in [7, 11) is 0. The number of aromatic nitrogens is 2. The molecule has 1 aliphatic carbocycles. The van der Waals surface area contributed by atoms with E-state index in [9.17, 15) is 0 Å². The smallest absolute Gasteiger partial charge is 0.222 e. The highest BCUT2D eigenvalue weighted by Crippen LogP contribution is 2.31. The van der Waals surface area contributed by atoms with E-state index in [4.69, 9.17) is 16.2 Å². The molecule has 0 spiro atoms. The van der Waals surface area contributed by atoms with Gasteiger partial charge >= 0.3 is 0 Å². The summed E-state index contributed by atoms with van der Waals surface area (Å²) in [5, 5.41) is 0.759. The lowest BCUT2D eigenvalue weighted by Crippen LogP contribution is -2.09. The summed E-state index contributed by atoms with van der Waals surface area (Å²) < 4.78 is 5.92. The largest absolute Gasteiger partial charge is 0.492 e. The molecule has 1 aliphatic rings. The number of hydrogen-bond acceptors (Lipinski definition) is 5. The third-order valence-corrected chi connectivity index (χ3v) is 3.68. The van der Waals surface area contributed by atoms with Crippen LogP contribution < -0.4 is 16.2 Å². The van der Waals surface area contributed by atoms with Gasteiger partial charge in [0.15, 0.2) is 0 Å². The van der Waals surface area contributed by atoms with Gasteiger partial charge in [-0.05, 0) is 30.9 Å². The number of hydrogen-bond donors (Lipinski definition) is 2. The number of nitrogen functional groups attached to an aromatic ring is 2. The Morgan fingerprint density at radius 3 is 2.74 bits per heavy atom. The Morgan fingerprint density at radius 1 is 1.16 bits per heavy atom. The normalized spacial score (nSPS) is 16.0. The standard InChI is InChI=1S/C14H18N4O/c15-13-12-10(17-14(16)18-13)6-3-7-11(12)19-8-9-4-1-2-5-9/h3,6-7,9H,1-2,4-5,8H2,(H4,15,16,17,18). The Balaban J connectivity index is 1.90. The molecule has 0 aliphatic heterocycles. The highest BCUT2D eigenvalue weighted by molar-refractivity contribution is 5.94. The van der Waals surface area contributed by atoms with Crippen LogP contribution in [0.2, 0.25) is 0 Å². The van der Waals surface area contributed by atoms with Gasteiger partial charge in [-0.25, -0.2) is 4.98 Å². The molecular formula is C14H18N4O. The van der Waals surface area contributed by atoms with Crippen LogP contribution in [0.25, 0.3) is 10.9 Å². The Hall–Kier alpha value is -2.04. The fourth-order valence-corrected chi connectivity index (χ4v) is 2.70. The minimum atomic E-state index is 0.193. The van der Waals surface area contributed by atoms with Crippen LogP contribution in [0.3, 0.4) is 0 Å². The molecule has 1 saturated carbocycles. The first kappa shape index (κ1) is 12.0. The van der Waals surface area contributed by atoms with Crippen molar-refractivity contribution in [3.8, 4) is 5.75 Å². The summed E-state index contributed by atoms with van der Waals surface area (Å²) in [6, 6.07) is 5.68. The van der Waals surface area contributed by atoms with Gasteiger partial charge in [-0.2, -0.15) is 4.98 Å². The lowest BCUT2D eigenvalue weighted by molar-refractivity contribution is 0.255. The molecule has 0 saturated heterocycles. The van der Waals surface area contributed by atoms with E-state index in [0.717, 1.165) is 23.3 Å². The van der Waals surface area contributed by atoms with Gasteiger partial charge in [0.25, 0.3) is 0 Å². The topological polar surface area (TPSA) is 87.0 Å². The molecule has 2 aromatic rings. The third-order valence-electron chi connectivity index (χ3n) is 3.68. The number of nitrogens with two attached hydrogens (primary N) is 2. The van der Waals surface area contributed by atoms with Crippen molar-refractivity contribution in [1.29, 1.82) is 0 Å². The first-order valence-corrected chi connectivity index (χ1v) is 6.68. The maximum absolute atomic E-state index is 5.93. The van der Waals surface area contributed by atoms with Crippen LogP contribution >= 0.6 is 0 Å². The second-order valence-corrected chi connectivity index (χ2v) is 5.08. The second kappa shape index (κ2) is 4.91. The minimum absolute atomic E-state index is 0.193. The average Bonchev–Trinajstić information content (AvgIpc) is 2.88. The molecule has 0 unspecified atom stereocenters. The number of fused-ring (bicyclic) bond motifs is 1. The number of ether oxygens (including phenoxy) is 1. The first-order chi connectivity index (χ1) is 9.24. The maximum Gasteiger partial charge on any atom is 0.222 e. The van der Waals surface area contributed by atoms with E-state index >= 15 is 0 Å². The quantitative estimate of drug-likeness (QED) is 0.882.